The van der Waals surface area contributed by atoms with Gasteiger partial charge in [0.05, 0.1) is 0 Å². The van der Waals surface area contributed by atoms with Crippen molar-refractivity contribution in [3.05, 3.63) is 29.6 Å². The van der Waals surface area contributed by atoms with Crippen LogP contribution in [0.15, 0.2) is 18.3 Å². The smallest absolute Gasteiger partial charge is 0.251 e. The van der Waals surface area contributed by atoms with E-state index >= 15 is 0 Å². The topological polar surface area (TPSA) is 42.0 Å². The van der Waals surface area contributed by atoms with Crippen LogP contribution in [0.3, 0.4) is 0 Å². The summed E-state index contributed by atoms with van der Waals surface area (Å²) in [5, 5.41) is 2.80. The molecule has 1 aromatic heterocycles. The number of nitrogens with one attached hydrogen (secondary N) is 1. The highest BCUT2D eigenvalue weighted by molar-refractivity contribution is 14.1. The number of amides is 1. The minimum absolute atomic E-state index is 0.0258. The molecular formula is C9H11IN2O. The summed E-state index contributed by atoms with van der Waals surface area (Å²) in [5.41, 5.74) is 1.54. The van der Waals surface area contributed by atoms with Gasteiger partial charge in [0.15, 0.2) is 0 Å². The molecule has 70 valence electrons. The van der Waals surface area contributed by atoms with Gasteiger partial charge in [-0.05, 0) is 19.1 Å². The summed E-state index contributed by atoms with van der Waals surface area (Å²) in [7, 11) is 0. The maximum Gasteiger partial charge on any atom is 0.251 e. The number of alkyl halides is 1. The number of hydrogen-bond acceptors (Lipinski definition) is 2. The van der Waals surface area contributed by atoms with Crippen molar-refractivity contribution in [1.82, 2.24) is 10.3 Å². The zero-order chi connectivity index (χ0) is 9.68. The first-order valence-electron chi connectivity index (χ1n) is 4.01. The number of rotatable bonds is 3. The number of aromatic nitrogens is 1. The van der Waals surface area contributed by atoms with Crippen molar-refractivity contribution in [1.29, 1.82) is 0 Å². The van der Waals surface area contributed by atoms with E-state index in [2.05, 4.69) is 32.9 Å². The van der Waals surface area contributed by atoms with E-state index in [9.17, 15) is 4.79 Å². The largest absolute Gasteiger partial charge is 0.351 e. The molecule has 1 rings (SSSR count). The second kappa shape index (κ2) is 5.16. The molecule has 0 saturated heterocycles. The summed E-state index contributed by atoms with van der Waals surface area (Å²) < 4.78 is 0.924. The first-order chi connectivity index (χ1) is 6.24. The fraction of sp³-hybridized carbons (Fsp3) is 0.333. The van der Waals surface area contributed by atoms with Crippen molar-refractivity contribution in [2.75, 3.05) is 11.0 Å². The molecule has 0 radical (unpaired) electrons. The summed E-state index contributed by atoms with van der Waals surface area (Å²) in [6.07, 6.45) is 1.65. The average molecular weight is 290 g/mol. The molecule has 4 heteroatoms. The minimum Gasteiger partial charge on any atom is -0.351 e. The third-order valence-corrected chi connectivity index (χ3v) is 2.08. The van der Waals surface area contributed by atoms with Gasteiger partial charge in [-0.1, -0.05) is 22.6 Å². The van der Waals surface area contributed by atoms with E-state index in [1.54, 1.807) is 18.3 Å². The minimum atomic E-state index is -0.0258. The fourth-order valence-electron chi connectivity index (χ4n) is 0.950. The monoisotopic (exact) mass is 290 g/mol. The third-order valence-electron chi connectivity index (χ3n) is 1.54. The Kier molecular flexibility index (Phi) is 4.14. The van der Waals surface area contributed by atoms with Gasteiger partial charge in [-0.2, -0.15) is 0 Å². The Bertz CT molecular complexity index is 301. The summed E-state index contributed by atoms with van der Waals surface area (Å²) in [6.45, 7) is 2.58. The SMILES string of the molecule is Cc1cc(C(=O)NCCI)ccn1. The number of aryl methyl sites for hydroxylation is 1. The average Bonchev–Trinajstić information content (AvgIpc) is 2.14. The van der Waals surface area contributed by atoms with E-state index in [1.165, 1.54) is 0 Å². The number of nitrogens with zero attached hydrogens (tertiary/aromatic N) is 1. The normalized spacial score (nSPS) is 9.69. The molecule has 1 aromatic rings. The van der Waals surface area contributed by atoms with Gasteiger partial charge >= 0.3 is 0 Å². The molecule has 0 aliphatic rings. The van der Waals surface area contributed by atoms with Crippen LogP contribution in [0.5, 0.6) is 0 Å². The van der Waals surface area contributed by atoms with Gasteiger partial charge < -0.3 is 5.32 Å². The van der Waals surface area contributed by atoms with Crippen molar-refractivity contribution in [3.8, 4) is 0 Å². The lowest BCUT2D eigenvalue weighted by atomic mass is 10.2. The van der Waals surface area contributed by atoms with Gasteiger partial charge in [-0.3, -0.25) is 9.78 Å². The molecule has 1 heterocycles. The second-order valence-electron chi connectivity index (χ2n) is 2.63. The maximum absolute atomic E-state index is 11.4. The Hall–Kier alpha value is -0.650. The van der Waals surface area contributed by atoms with Crippen LogP contribution in [0.4, 0.5) is 0 Å². The highest BCUT2D eigenvalue weighted by atomic mass is 127. The van der Waals surface area contributed by atoms with Crippen molar-refractivity contribution < 1.29 is 4.79 Å². The van der Waals surface area contributed by atoms with Crippen molar-refractivity contribution in [2.45, 2.75) is 6.92 Å². The quantitative estimate of drug-likeness (QED) is 0.678. The third kappa shape index (κ3) is 3.30. The second-order valence-corrected chi connectivity index (χ2v) is 3.71. The molecule has 0 fully saturated rings. The standard InChI is InChI=1S/C9H11IN2O/c1-7-6-8(2-4-11-7)9(13)12-5-3-10/h2,4,6H,3,5H2,1H3,(H,12,13). The molecule has 1 N–H and O–H groups in total. The molecule has 0 saturated carbocycles. The molecule has 1 amide bonds. The van der Waals surface area contributed by atoms with Crippen LogP contribution in [0.2, 0.25) is 0 Å². The molecule has 0 atom stereocenters. The molecular weight excluding hydrogens is 279 g/mol. The number of pyridine rings is 1. The summed E-state index contributed by atoms with van der Waals surface area (Å²) >= 11 is 2.22. The first-order valence-corrected chi connectivity index (χ1v) is 5.53. The predicted molar refractivity (Wildman–Crippen MR) is 60.2 cm³/mol. The Morgan fingerprint density at radius 3 is 3.08 bits per heavy atom. The number of carbonyl (C=O) groups is 1. The van der Waals surface area contributed by atoms with E-state index in [0.717, 1.165) is 10.1 Å². The summed E-state index contributed by atoms with van der Waals surface area (Å²) in [5.74, 6) is -0.0258. The lowest BCUT2D eigenvalue weighted by Crippen LogP contribution is -2.25. The molecule has 13 heavy (non-hydrogen) atoms. The predicted octanol–water partition coefficient (Wildman–Crippen LogP) is 1.55. The van der Waals surface area contributed by atoms with Crippen LogP contribution in [0, 0.1) is 6.92 Å². The lowest BCUT2D eigenvalue weighted by Gasteiger charge is -2.02. The van der Waals surface area contributed by atoms with Gasteiger partial charge in [0, 0.05) is 28.4 Å². The van der Waals surface area contributed by atoms with Gasteiger partial charge in [0.25, 0.3) is 5.91 Å². The molecule has 0 unspecified atom stereocenters. The molecule has 0 bridgehead atoms. The number of halogens is 1. The van der Waals surface area contributed by atoms with Crippen molar-refractivity contribution in [3.63, 3.8) is 0 Å². The molecule has 0 aliphatic heterocycles. The van der Waals surface area contributed by atoms with Gasteiger partial charge in [-0.15, -0.1) is 0 Å². The maximum atomic E-state index is 11.4. The van der Waals surface area contributed by atoms with Crippen LogP contribution >= 0.6 is 22.6 Å². The molecule has 0 spiro atoms. The van der Waals surface area contributed by atoms with Gasteiger partial charge in [-0.25, -0.2) is 0 Å². The Morgan fingerprint density at radius 2 is 2.46 bits per heavy atom. The van der Waals surface area contributed by atoms with Gasteiger partial charge in [0.1, 0.15) is 0 Å². The molecule has 3 nitrogen and oxygen atoms in total. The Morgan fingerprint density at radius 1 is 1.69 bits per heavy atom. The molecule has 0 aliphatic carbocycles. The van der Waals surface area contributed by atoms with E-state index in [1.807, 2.05) is 6.92 Å². The number of carbonyl (C=O) groups excluding carboxylic acids is 1. The Labute approximate surface area is 91.1 Å². The van der Waals surface area contributed by atoms with Crippen LogP contribution in [-0.4, -0.2) is 21.9 Å². The summed E-state index contributed by atoms with van der Waals surface area (Å²) in [4.78, 5) is 15.4. The number of hydrogen-bond donors (Lipinski definition) is 1. The Balaban J connectivity index is 2.66. The molecule has 0 aromatic carbocycles. The van der Waals surface area contributed by atoms with E-state index in [0.29, 0.717) is 12.1 Å². The van der Waals surface area contributed by atoms with Gasteiger partial charge in [0.2, 0.25) is 0 Å². The first kappa shape index (κ1) is 10.4. The van der Waals surface area contributed by atoms with E-state index in [-0.39, 0.29) is 5.91 Å². The van der Waals surface area contributed by atoms with Crippen LogP contribution < -0.4 is 5.32 Å². The zero-order valence-corrected chi connectivity index (χ0v) is 9.54. The lowest BCUT2D eigenvalue weighted by molar-refractivity contribution is 0.0956. The zero-order valence-electron chi connectivity index (χ0n) is 7.38. The summed E-state index contributed by atoms with van der Waals surface area (Å²) in [6, 6.07) is 3.50. The highest BCUT2D eigenvalue weighted by Crippen LogP contribution is 1.99. The van der Waals surface area contributed by atoms with Crippen LogP contribution in [-0.2, 0) is 0 Å². The van der Waals surface area contributed by atoms with E-state index < -0.39 is 0 Å². The fourth-order valence-corrected chi connectivity index (χ4v) is 1.22. The van der Waals surface area contributed by atoms with Crippen molar-refractivity contribution in [2.24, 2.45) is 0 Å². The van der Waals surface area contributed by atoms with Crippen molar-refractivity contribution >= 4 is 28.5 Å². The highest BCUT2D eigenvalue weighted by Gasteiger charge is 2.03. The van der Waals surface area contributed by atoms with Crippen LogP contribution in [0.25, 0.3) is 0 Å². The van der Waals surface area contributed by atoms with Crippen LogP contribution in [0.1, 0.15) is 16.1 Å². The van der Waals surface area contributed by atoms with E-state index in [4.69, 9.17) is 0 Å².